The molecule has 0 aliphatic heterocycles. The van der Waals surface area contributed by atoms with Gasteiger partial charge in [-0.3, -0.25) is 0 Å². The second-order valence-corrected chi connectivity index (χ2v) is 11.8. The van der Waals surface area contributed by atoms with Gasteiger partial charge >= 0.3 is 0 Å². The summed E-state index contributed by atoms with van der Waals surface area (Å²) < 4.78 is 11.4. The van der Waals surface area contributed by atoms with Crippen LogP contribution in [0.2, 0.25) is 0 Å². The fraction of sp³-hybridized carbons (Fsp3) is 0.593. The van der Waals surface area contributed by atoms with Crippen LogP contribution < -0.4 is 5.32 Å². The first-order chi connectivity index (χ1) is 15.8. The molecule has 4 saturated carbocycles. The van der Waals surface area contributed by atoms with Crippen LogP contribution in [0, 0.1) is 5.41 Å². The van der Waals surface area contributed by atoms with Gasteiger partial charge in [-0.05, 0) is 68.9 Å². The van der Waals surface area contributed by atoms with Gasteiger partial charge in [0.05, 0.1) is 5.69 Å². The molecule has 2 aromatic heterocycles. The summed E-state index contributed by atoms with van der Waals surface area (Å²) in [6.07, 6.45) is 9.52. The number of hydrogen-bond donors (Lipinski definition) is 1. The number of anilines is 1. The predicted molar refractivity (Wildman–Crippen MR) is 127 cm³/mol. The summed E-state index contributed by atoms with van der Waals surface area (Å²) in [5, 5.41) is 12.3. The number of fused-ring (bicyclic) bond motifs is 3. The van der Waals surface area contributed by atoms with E-state index in [4.69, 9.17) is 14.0 Å². The van der Waals surface area contributed by atoms with Crippen LogP contribution in [0.5, 0.6) is 0 Å². The molecule has 0 atom stereocenters. The Morgan fingerprint density at radius 2 is 1.73 bits per heavy atom. The molecule has 7 rings (SSSR count). The molecule has 6 heteroatoms. The van der Waals surface area contributed by atoms with Gasteiger partial charge in [-0.25, -0.2) is 0 Å². The van der Waals surface area contributed by atoms with E-state index in [-0.39, 0.29) is 10.8 Å². The first-order valence-corrected chi connectivity index (χ1v) is 12.5. The van der Waals surface area contributed by atoms with Gasteiger partial charge < -0.3 is 14.4 Å². The van der Waals surface area contributed by atoms with E-state index in [0.717, 1.165) is 60.2 Å². The minimum atomic E-state index is -0.0743. The van der Waals surface area contributed by atoms with Gasteiger partial charge in [0.1, 0.15) is 0 Å². The lowest BCUT2D eigenvalue weighted by Crippen LogP contribution is -2.47. The van der Waals surface area contributed by atoms with Crippen molar-refractivity contribution in [3.63, 3.8) is 0 Å². The molecule has 4 aliphatic rings. The zero-order valence-electron chi connectivity index (χ0n) is 20.0. The van der Waals surface area contributed by atoms with Crippen LogP contribution >= 0.6 is 0 Å². The summed E-state index contributed by atoms with van der Waals surface area (Å²) in [5.41, 5.74) is 3.72. The maximum absolute atomic E-state index is 5.80. The normalized spacial score (nSPS) is 27.1. The molecule has 1 N–H and O–H groups in total. The van der Waals surface area contributed by atoms with Gasteiger partial charge in [0.2, 0.25) is 5.89 Å². The lowest BCUT2D eigenvalue weighted by molar-refractivity contribution is 0.0322. The number of nitrogens with one attached hydrogen (secondary N) is 1. The first kappa shape index (κ1) is 20.9. The van der Waals surface area contributed by atoms with Crippen molar-refractivity contribution in [3.05, 3.63) is 47.7 Å². The fourth-order valence-corrected chi connectivity index (χ4v) is 5.66. The summed E-state index contributed by atoms with van der Waals surface area (Å²) in [6.45, 7) is 7.43. The van der Waals surface area contributed by atoms with Gasteiger partial charge in [-0.2, -0.15) is 4.98 Å². The van der Waals surface area contributed by atoms with Gasteiger partial charge in [-0.1, -0.05) is 43.2 Å². The molecule has 1 aromatic carbocycles. The molecule has 2 heterocycles. The Hall–Kier alpha value is -2.63. The Morgan fingerprint density at radius 3 is 2.39 bits per heavy atom. The maximum Gasteiger partial charge on any atom is 0.232 e. The number of nitrogens with zero attached hydrogens (tertiary/aromatic N) is 3. The van der Waals surface area contributed by atoms with E-state index in [1.807, 2.05) is 0 Å². The van der Waals surface area contributed by atoms with Crippen LogP contribution in [0.3, 0.4) is 0 Å². The van der Waals surface area contributed by atoms with Crippen LogP contribution in [-0.2, 0) is 10.8 Å². The number of hydrogen-bond acceptors (Lipinski definition) is 6. The van der Waals surface area contributed by atoms with Crippen molar-refractivity contribution in [1.82, 2.24) is 15.3 Å². The SMILES string of the molecule is CC(C)(C)c1noc(C23CCC(CNc4cccc(-c5cc(C6CC6)no5)c4)(CC2)CC3)n1. The second kappa shape index (κ2) is 7.44. The van der Waals surface area contributed by atoms with Crippen molar-refractivity contribution < 1.29 is 9.05 Å². The van der Waals surface area contributed by atoms with Crippen LogP contribution in [0.1, 0.15) is 95.5 Å². The minimum absolute atomic E-state index is 0.0743. The lowest BCUT2D eigenvalue weighted by atomic mass is 9.53. The molecular formula is C27H34N4O2. The largest absolute Gasteiger partial charge is 0.384 e. The van der Waals surface area contributed by atoms with E-state index < -0.39 is 0 Å². The van der Waals surface area contributed by atoms with Gasteiger partial charge in [0.25, 0.3) is 0 Å². The number of aromatic nitrogens is 3. The Labute approximate surface area is 195 Å². The van der Waals surface area contributed by atoms with E-state index in [1.54, 1.807) is 0 Å². The Bertz CT molecular complexity index is 1130. The summed E-state index contributed by atoms with van der Waals surface area (Å²) >= 11 is 0. The average molecular weight is 447 g/mol. The molecule has 6 nitrogen and oxygen atoms in total. The number of rotatable bonds is 6. The summed E-state index contributed by atoms with van der Waals surface area (Å²) in [5.74, 6) is 3.18. The zero-order valence-corrected chi connectivity index (χ0v) is 20.0. The zero-order chi connectivity index (χ0) is 22.7. The predicted octanol–water partition coefficient (Wildman–Crippen LogP) is 6.60. The standard InChI is InChI=1S/C27H34N4O2/c1-25(2,3)23-29-24(33-31-23)27-12-9-26(10-13-27,11-14-27)17-28-20-6-4-5-19(15-20)22-16-21(30-32-22)18-7-8-18/h4-6,15-16,18,28H,7-14,17H2,1-3H3. The molecule has 4 aliphatic carbocycles. The number of benzene rings is 1. The molecule has 0 radical (unpaired) electrons. The summed E-state index contributed by atoms with van der Waals surface area (Å²) in [7, 11) is 0. The molecule has 0 unspecified atom stereocenters. The summed E-state index contributed by atoms with van der Waals surface area (Å²) in [4.78, 5) is 4.84. The van der Waals surface area contributed by atoms with Crippen molar-refractivity contribution in [2.24, 2.45) is 5.41 Å². The Morgan fingerprint density at radius 1 is 0.970 bits per heavy atom. The molecule has 3 aromatic rings. The van der Waals surface area contributed by atoms with Crippen LogP contribution in [-0.4, -0.2) is 21.8 Å². The van der Waals surface area contributed by atoms with Gasteiger partial charge in [0, 0.05) is 40.6 Å². The molecule has 174 valence electrons. The highest BCUT2D eigenvalue weighted by Gasteiger charge is 2.52. The van der Waals surface area contributed by atoms with Crippen LogP contribution in [0.15, 0.2) is 39.4 Å². The smallest absolute Gasteiger partial charge is 0.232 e. The first-order valence-electron chi connectivity index (χ1n) is 12.5. The highest BCUT2D eigenvalue weighted by molar-refractivity contribution is 5.64. The van der Waals surface area contributed by atoms with Crippen molar-refractivity contribution in [3.8, 4) is 11.3 Å². The quantitative estimate of drug-likeness (QED) is 0.459. The highest BCUT2D eigenvalue weighted by Crippen LogP contribution is 2.57. The van der Waals surface area contributed by atoms with E-state index >= 15 is 0 Å². The topological polar surface area (TPSA) is 77.0 Å². The van der Waals surface area contributed by atoms with Crippen molar-refractivity contribution in [1.29, 1.82) is 0 Å². The molecular weight excluding hydrogens is 412 g/mol. The molecule has 0 saturated heterocycles. The van der Waals surface area contributed by atoms with E-state index in [9.17, 15) is 0 Å². The van der Waals surface area contributed by atoms with Crippen molar-refractivity contribution >= 4 is 5.69 Å². The molecule has 2 bridgehead atoms. The van der Waals surface area contributed by atoms with Crippen LogP contribution in [0.4, 0.5) is 5.69 Å². The average Bonchev–Trinajstić information content (AvgIpc) is 3.33. The molecule has 33 heavy (non-hydrogen) atoms. The van der Waals surface area contributed by atoms with Gasteiger partial charge in [-0.15, -0.1) is 0 Å². The van der Waals surface area contributed by atoms with Crippen LogP contribution in [0.25, 0.3) is 11.3 Å². The van der Waals surface area contributed by atoms with E-state index in [2.05, 4.69) is 66.7 Å². The van der Waals surface area contributed by atoms with Crippen molar-refractivity contribution in [2.45, 2.75) is 88.9 Å². The third kappa shape index (κ3) is 3.87. The van der Waals surface area contributed by atoms with Gasteiger partial charge in [0.15, 0.2) is 11.6 Å². The fourth-order valence-electron chi connectivity index (χ4n) is 5.66. The lowest BCUT2D eigenvalue weighted by Gasteiger charge is -2.52. The molecule has 0 amide bonds. The van der Waals surface area contributed by atoms with E-state index in [0.29, 0.717) is 11.3 Å². The Kier molecular flexibility index (Phi) is 4.72. The maximum atomic E-state index is 5.80. The van der Waals surface area contributed by atoms with E-state index in [1.165, 1.54) is 32.1 Å². The second-order valence-electron chi connectivity index (χ2n) is 11.8. The monoisotopic (exact) mass is 446 g/mol. The summed E-state index contributed by atoms with van der Waals surface area (Å²) in [6, 6.07) is 10.7. The highest BCUT2D eigenvalue weighted by atomic mass is 16.5. The molecule has 4 fully saturated rings. The van der Waals surface area contributed by atoms with Crippen molar-refractivity contribution in [2.75, 3.05) is 11.9 Å². The Balaban J connectivity index is 1.11. The third-order valence-electron chi connectivity index (χ3n) is 8.29. The third-order valence-corrected chi connectivity index (χ3v) is 8.29. The molecule has 0 spiro atoms. The minimum Gasteiger partial charge on any atom is -0.384 e.